The van der Waals surface area contributed by atoms with Crippen LogP contribution in [-0.2, 0) is 4.74 Å². The summed E-state index contributed by atoms with van der Waals surface area (Å²) in [4.78, 5) is 4.78. The molecule has 0 bridgehead atoms. The Kier molecular flexibility index (Phi) is 4.63. The van der Waals surface area contributed by atoms with Crippen LogP contribution in [-0.4, -0.2) is 39.7 Å². The van der Waals surface area contributed by atoms with Crippen molar-refractivity contribution in [2.75, 3.05) is 6.61 Å². The summed E-state index contributed by atoms with van der Waals surface area (Å²) in [6.45, 7) is 5.12. The summed E-state index contributed by atoms with van der Waals surface area (Å²) in [5.74, 6) is 1.38. The van der Waals surface area contributed by atoms with Crippen LogP contribution in [0.2, 0.25) is 0 Å². The van der Waals surface area contributed by atoms with E-state index in [2.05, 4.69) is 68.4 Å². The molecule has 0 fully saturated rings. The van der Waals surface area contributed by atoms with E-state index in [1.54, 1.807) is 0 Å². The summed E-state index contributed by atoms with van der Waals surface area (Å²) in [6.07, 6.45) is 0. The first-order valence-corrected chi connectivity index (χ1v) is 10.2. The van der Waals surface area contributed by atoms with E-state index in [-0.39, 0.29) is 0 Å². The summed E-state index contributed by atoms with van der Waals surface area (Å²) in [6, 6.07) is 19.7. The molecule has 0 aromatic heterocycles. The molecule has 1 aliphatic rings. The van der Waals surface area contributed by atoms with Crippen LogP contribution in [0, 0.1) is 5.92 Å². The molecule has 1 atom stereocenters. The molecule has 1 heterocycles. The van der Waals surface area contributed by atoms with Crippen molar-refractivity contribution in [3.05, 3.63) is 60.2 Å². The van der Waals surface area contributed by atoms with E-state index >= 15 is 0 Å². The van der Waals surface area contributed by atoms with E-state index in [9.17, 15) is 0 Å². The van der Waals surface area contributed by atoms with Gasteiger partial charge in [-0.15, -0.1) is 0 Å². The zero-order chi connectivity index (χ0) is 14.7. The molecule has 2 nitrogen and oxygen atoms in total. The van der Waals surface area contributed by atoms with E-state index in [0.717, 1.165) is 12.5 Å². The molecule has 0 saturated carbocycles. The second-order valence-corrected chi connectivity index (χ2v) is 9.49. The number of rotatable bonds is 4. The molecule has 2 aromatic carbocycles. The average Bonchev–Trinajstić information content (AvgIpc) is 2.99. The second kappa shape index (κ2) is 6.65. The number of hydrogen-bond donors (Lipinski definition) is 0. The van der Waals surface area contributed by atoms with Gasteiger partial charge in [0.25, 0.3) is 0 Å². The van der Waals surface area contributed by atoms with Crippen LogP contribution in [0.1, 0.15) is 19.4 Å². The monoisotopic (exact) mass is 385 g/mol. The zero-order valence-corrected chi connectivity index (χ0v) is 15.3. The standard InChI is InChI=1S/C12H14NO.C6H5.Sn/c1-9(2)11-8-14-12(13-11)10-6-4-3-5-7-10;1-2-4-6-5-3-1;/h3-6,9,11H,8H2,1-2H3;1-5H;/t11-;;/m1../s1. The molecule has 3 heteroatoms. The van der Waals surface area contributed by atoms with E-state index in [4.69, 9.17) is 9.73 Å². The van der Waals surface area contributed by atoms with Crippen molar-refractivity contribution in [3.63, 3.8) is 0 Å². The van der Waals surface area contributed by atoms with Gasteiger partial charge < -0.3 is 0 Å². The predicted molar refractivity (Wildman–Crippen MR) is 89.0 cm³/mol. The molecule has 1 aliphatic heterocycles. The van der Waals surface area contributed by atoms with Crippen molar-refractivity contribution < 1.29 is 4.74 Å². The third-order valence-electron chi connectivity index (χ3n) is 3.65. The van der Waals surface area contributed by atoms with Crippen LogP contribution in [0.3, 0.4) is 0 Å². The molecule has 0 unspecified atom stereocenters. The van der Waals surface area contributed by atoms with E-state index in [1.807, 2.05) is 0 Å². The Morgan fingerprint density at radius 2 is 1.76 bits per heavy atom. The first-order chi connectivity index (χ1) is 10.2. The second-order valence-electron chi connectivity index (χ2n) is 5.59. The van der Waals surface area contributed by atoms with Crippen molar-refractivity contribution >= 4 is 34.2 Å². The van der Waals surface area contributed by atoms with Crippen LogP contribution in [0.4, 0.5) is 0 Å². The number of hydrogen-bond acceptors (Lipinski definition) is 2. The SMILES string of the molecule is CC(C)[C@H]1COC(c2cccc[c]2[Sn][c]2ccccc2)=N1. The van der Waals surface area contributed by atoms with Gasteiger partial charge in [0.2, 0.25) is 0 Å². The fourth-order valence-electron chi connectivity index (χ4n) is 2.33. The molecule has 3 rings (SSSR count). The molecule has 0 aliphatic carbocycles. The van der Waals surface area contributed by atoms with Gasteiger partial charge in [-0.05, 0) is 0 Å². The Hall–Kier alpha value is -1.29. The van der Waals surface area contributed by atoms with Gasteiger partial charge in [0.05, 0.1) is 0 Å². The third kappa shape index (κ3) is 3.49. The molecule has 0 saturated heterocycles. The Morgan fingerprint density at radius 1 is 1.05 bits per heavy atom. The van der Waals surface area contributed by atoms with Gasteiger partial charge in [-0.1, -0.05) is 0 Å². The zero-order valence-electron chi connectivity index (χ0n) is 12.4. The molecule has 21 heavy (non-hydrogen) atoms. The van der Waals surface area contributed by atoms with E-state index in [0.29, 0.717) is 12.0 Å². The van der Waals surface area contributed by atoms with Gasteiger partial charge in [0.1, 0.15) is 0 Å². The van der Waals surface area contributed by atoms with Gasteiger partial charge in [-0.2, -0.15) is 0 Å². The molecule has 0 amide bonds. The summed E-state index contributed by atoms with van der Waals surface area (Å²) >= 11 is -0.808. The normalized spacial score (nSPS) is 17.7. The van der Waals surface area contributed by atoms with Gasteiger partial charge in [0, 0.05) is 0 Å². The van der Waals surface area contributed by atoms with Crippen LogP contribution >= 0.6 is 0 Å². The maximum atomic E-state index is 5.87. The average molecular weight is 384 g/mol. The fourth-order valence-corrected chi connectivity index (χ4v) is 5.69. The number of nitrogens with zero attached hydrogens (tertiary/aromatic N) is 1. The first kappa shape index (κ1) is 14.6. The first-order valence-electron chi connectivity index (χ1n) is 7.36. The van der Waals surface area contributed by atoms with Crippen molar-refractivity contribution in [1.29, 1.82) is 0 Å². The van der Waals surface area contributed by atoms with Crippen molar-refractivity contribution in [2.45, 2.75) is 19.9 Å². The molecule has 0 spiro atoms. The van der Waals surface area contributed by atoms with Crippen molar-refractivity contribution in [2.24, 2.45) is 10.9 Å². The Labute approximate surface area is 136 Å². The number of aliphatic imine (C=N–C) groups is 1. The molecular formula is C18H19NOSn. The quantitative estimate of drug-likeness (QED) is 0.741. The van der Waals surface area contributed by atoms with Gasteiger partial charge in [-0.25, -0.2) is 0 Å². The number of benzene rings is 2. The summed E-state index contributed by atoms with van der Waals surface area (Å²) in [5, 5.41) is 0. The molecular weight excluding hydrogens is 365 g/mol. The maximum absolute atomic E-state index is 5.87. The van der Waals surface area contributed by atoms with Crippen LogP contribution in [0.5, 0.6) is 0 Å². The van der Waals surface area contributed by atoms with Crippen LogP contribution < -0.4 is 7.16 Å². The molecule has 2 aromatic rings. The van der Waals surface area contributed by atoms with Crippen LogP contribution in [0.15, 0.2) is 59.6 Å². The van der Waals surface area contributed by atoms with Crippen molar-refractivity contribution in [1.82, 2.24) is 0 Å². The predicted octanol–water partition coefficient (Wildman–Crippen LogP) is 2.14. The van der Waals surface area contributed by atoms with E-state index < -0.39 is 21.1 Å². The summed E-state index contributed by atoms with van der Waals surface area (Å²) in [7, 11) is 0. The Morgan fingerprint density at radius 3 is 2.48 bits per heavy atom. The van der Waals surface area contributed by atoms with Crippen molar-refractivity contribution in [3.8, 4) is 0 Å². The topological polar surface area (TPSA) is 21.6 Å². The Balaban J connectivity index is 1.88. The number of ether oxygens (including phenoxy) is 1. The van der Waals surface area contributed by atoms with Crippen LogP contribution in [0.25, 0.3) is 0 Å². The minimum atomic E-state index is -0.808. The minimum absolute atomic E-state index is 0.301. The summed E-state index contributed by atoms with van der Waals surface area (Å²) < 4.78 is 8.79. The van der Waals surface area contributed by atoms with Gasteiger partial charge >= 0.3 is 137 Å². The third-order valence-corrected chi connectivity index (χ3v) is 7.44. The van der Waals surface area contributed by atoms with Gasteiger partial charge in [-0.3, -0.25) is 0 Å². The molecule has 0 N–H and O–H groups in total. The fraction of sp³-hybridized carbons (Fsp3) is 0.278. The van der Waals surface area contributed by atoms with Gasteiger partial charge in [0.15, 0.2) is 0 Å². The Bertz CT molecular complexity index is 637. The van der Waals surface area contributed by atoms with E-state index in [1.165, 1.54) is 12.7 Å². The molecule has 106 valence electrons. The molecule has 2 radical (unpaired) electrons. The summed E-state index contributed by atoms with van der Waals surface area (Å²) in [5.41, 5.74) is 1.20.